The molecule has 1 fully saturated rings. The summed E-state index contributed by atoms with van der Waals surface area (Å²) in [4.78, 5) is 2.73. The van der Waals surface area contributed by atoms with E-state index in [0.717, 1.165) is 12.0 Å². The SMILES string of the molecule is CCCC(CCC)N1CCC(CNC)C1. The molecule has 1 unspecified atom stereocenters. The lowest BCUT2D eigenvalue weighted by atomic mass is 10.1. The highest BCUT2D eigenvalue weighted by Crippen LogP contribution is 2.22. The minimum atomic E-state index is 0.863. The molecule has 1 aliphatic rings. The molecule has 0 saturated carbocycles. The number of hydrogen-bond donors (Lipinski definition) is 1. The largest absolute Gasteiger partial charge is 0.319 e. The molecular weight excluding hydrogens is 184 g/mol. The third-order valence-corrected chi connectivity index (χ3v) is 3.57. The first kappa shape index (κ1) is 13.0. The Morgan fingerprint density at radius 1 is 1.27 bits per heavy atom. The molecule has 1 aliphatic heterocycles. The van der Waals surface area contributed by atoms with E-state index in [2.05, 4.69) is 31.1 Å². The number of rotatable bonds is 7. The Morgan fingerprint density at radius 2 is 1.93 bits per heavy atom. The molecular formula is C13H28N2. The maximum Gasteiger partial charge on any atom is 0.00951 e. The van der Waals surface area contributed by atoms with Gasteiger partial charge in [-0.25, -0.2) is 0 Å². The molecule has 2 nitrogen and oxygen atoms in total. The zero-order chi connectivity index (χ0) is 11.1. The van der Waals surface area contributed by atoms with Crippen molar-refractivity contribution in [3.05, 3.63) is 0 Å². The van der Waals surface area contributed by atoms with Gasteiger partial charge in [-0.2, -0.15) is 0 Å². The van der Waals surface area contributed by atoms with Gasteiger partial charge in [-0.05, 0) is 45.3 Å². The summed E-state index contributed by atoms with van der Waals surface area (Å²) in [6.07, 6.45) is 6.83. The molecule has 90 valence electrons. The van der Waals surface area contributed by atoms with Crippen molar-refractivity contribution in [3.63, 3.8) is 0 Å². The highest BCUT2D eigenvalue weighted by atomic mass is 15.2. The van der Waals surface area contributed by atoms with Gasteiger partial charge in [0.05, 0.1) is 0 Å². The summed E-state index contributed by atoms with van der Waals surface area (Å²) < 4.78 is 0. The van der Waals surface area contributed by atoms with E-state index in [1.807, 2.05) is 0 Å². The molecule has 15 heavy (non-hydrogen) atoms. The van der Waals surface area contributed by atoms with Gasteiger partial charge in [-0.3, -0.25) is 0 Å². The minimum Gasteiger partial charge on any atom is -0.319 e. The van der Waals surface area contributed by atoms with E-state index in [4.69, 9.17) is 0 Å². The summed E-state index contributed by atoms with van der Waals surface area (Å²) in [5, 5.41) is 3.31. The van der Waals surface area contributed by atoms with E-state index >= 15 is 0 Å². The van der Waals surface area contributed by atoms with E-state index in [-0.39, 0.29) is 0 Å². The first-order valence-corrected chi connectivity index (χ1v) is 6.70. The van der Waals surface area contributed by atoms with Crippen molar-refractivity contribution in [1.29, 1.82) is 0 Å². The zero-order valence-electron chi connectivity index (χ0n) is 10.8. The fourth-order valence-electron chi connectivity index (χ4n) is 2.83. The Bertz CT molecular complexity index is 153. The van der Waals surface area contributed by atoms with Crippen molar-refractivity contribution in [2.24, 2.45) is 5.92 Å². The molecule has 1 saturated heterocycles. The van der Waals surface area contributed by atoms with Gasteiger partial charge in [0.15, 0.2) is 0 Å². The molecule has 0 bridgehead atoms. The predicted octanol–water partition coefficient (Wildman–Crippen LogP) is 2.50. The van der Waals surface area contributed by atoms with Gasteiger partial charge in [0, 0.05) is 12.6 Å². The van der Waals surface area contributed by atoms with Gasteiger partial charge in [0.1, 0.15) is 0 Å². The Balaban J connectivity index is 2.34. The highest BCUT2D eigenvalue weighted by molar-refractivity contribution is 4.82. The van der Waals surface area contributed by atoms with Crippen molar-refractivity contribution in [2.45, 2.75) is 52.0 Å². The molecule has 0 spiro atoms. The Labute approximate surface area is 95.4 Å². The van der Waals surface area contributed by atoms with Crippen LogP contribution in [0.25, 0.3) is 0 Å². The fourth-order valence-corrected chi connectivity index (χ4v) is 2.83. The van der Waals surface area contributed by atoms with Crippen LogP contribution in [0.2, 0.25) is 0 Å². The Morgan fingerprint density at radius 3 is 2.47 bits per heavy atom. The molecule has 0 radical (unpaired) electrons. The average molecular weight is 212 g/mol. The summed E-state index contributed by atoms with van der Waals surface area (Å²) in [7, 11) is 2.07. The molecule has 1 rings (SSSR count). The van der Waals surface area contributed by atoms with Gasteiger partial charge in [-0.15, -0.1) is 0 Å². The van der Waals surface area contributed by atoms with Crippen LogP contribution in [0, 0.1) is 5.92 Å². The maximum atomic E-state index is 3.31. The number of hydrogen-bond acceptors (Lipinski definition) is 2. The lowest BCUT2D eigenvalue weighted by Gasteiger charge is -2.27. The van der Waals surface area contributed by atoms with Gasteiger partial charge in [0.2, 0.25) is 0 Å². The van der Waals surface area contributed by atoms with Crippen molar-refractivity contribution in [1.82, 2.24) is 10.2 Å². The van der Waals surface area contributed by atoms with Gasteiger partial charge >= 0.3 is 0 Å². The first-order valence-electron chi connectivity index (χ1n) is 6.70. The van der Waals surface area contributed by atoms with E-state index in [1.165, 1.54) is 51.7 Å². The predicted molar refractivity (Wildman–Crippen MR) is 67.2 cm³/mol. The lowest BCUT2D eigenvalue weighted by Crippen LogP contribution is -2.34. The van der Waals surface area contributed by atoms with Crippen LogP contribution in [-0.4, -0.2) is 37.6 Å². The second kappa shape index (κ2) is 7.24. The summed E-state index contributed by atoms with van der Waals surface area (Å²) >= 11 is 0. The topological polar surface area (TPSA) is 15.3 Å². The summed E-state index contributed by atoms with van der Waals surface area (Å²) in [6, 6.07) is 0.863. The lowest BCUT2D eigenvalue weighted by molar-refractivity contribution is 0.208. The van der Waals surface area contributed by atoms with Gasteiger partial charge in [0.25, 0.3) is 0 Å². The van der Waals surface area contributed by atoms with E-state index in [9.17, 15) is 0 Å². The summed E-state index contributed by atoms with van der Waals surface area (Å²) in [6.45, 7) is 8.47. The molecule has 0 amide bonds. The van der Waals surface area contributed by atoms with Crippen molar-refractivity contribution >= 4 is 0 Å². The van der Waals surface area contributed by atoms with Crippen LogP contribution in [-0.2, 0) is 0 Å². The van der Waals surface area contributed by atoms with Crippen LogP contribution in [0.4, 0.5) is 0 Å². The summed E-state index contributed by atoms with van der Waals surface area (Å²) in [5.74, 6) is 0.895. The molecule has 0 aromatic rings. The maximum absolute atomic E-state index is 3.31. The van der Waals surface area contributed by atoms with Gasteiger partial charge < -0.3 is 10.2 Å². The molecule has 1 heterocycles. The molecule has 1 N–H and O–H groups in total. The van der Waals surface area contributed by atoms with E-state index in [1.54, 1.807) is 0 Å². The number of nitrogens with zero attached hydrogens (tertiary/aromatic N) is 1. The Kier molecular flexibility index (Phi) is 6.26. The average Bonchev–Trinajstić information content (AvgIpc) is 2.67. The zero-order valence-corrected chi connectivity index (χ0v) is 10.8. The third kappa shape index (κ3) is 4.12. The van der Waals surface area contributed by atoms with Crippen LogP contribution in [0.15, 0.2) is 0 Å². The van der Waals surface area contributed by atoms with Crippen LogP contribution in [0.3, 0.4) is 0 Å². The second-order valence-corrected chi connectivity index (χ2v) is 4.94. The quantitative estimate of drug-likeness (QED) is 0.697. The number of likely N-dealkylation sites (tertiary alicyclic amines) is 1. The standard InChI is InChI=1S/C13H28N2/c1-4-6-13(7-5-2)15-9-8-12(11-15)10-14-3/h12-14H,4-11H2,1-3H3. The third-order valence-electron chi connectivity index (χ3n) is 3.57. The van der Waals surface area contributed by atoms with Crippen LogP contribution >= 0.6 is 0 Å². The van der Waals surface area contributed by atoms with Gasteiger partial charge in [-0.1, -0.05) is 26.7 Å². The molecule has 0 aromatic carbocycles. The molecule has 1 atom stereocenters. The molecule has 2 heteroatoms. The van der Waals surface area contributed by atoms with Crippen LogP contribution < -0.4 is 5.32 Å². The molecule has 0 aromatic heterocycles. The van der Waals surface area contributed by atoms with Crippen molar-refractivity contribution in [3.8, 4) is 0 Å². The fraction of sp³-hybridized carbons (Fsp3) is 1.00. The monoisotopic (exact) mass is 212 g/mol. The smallest absolute Gasteiger partial charge is 0.00951 e. The normalized spacial score (nSPS) is 22.8. The first-order chi connectivity index (χ1) is 7.31. The van der Waals surface area contributed by atoms with Crippen molar-refractivity contribution in [2.75, 3.05) is 26.7 Å². The highest BCUT2D eigenvalue weighted by Gasteiger charge is 2.26. The number of nitrogens with one attached hydrogen (secondary N) is 1. The van der Waals surface area contributed by atoms with Crippen LogP contribution in [0.1, 0.15) is 46.0 Å². The van der Waals surface area contributed by atoms with Crippen LogP contribution in [0.5, 0.6) is 0 Å². The Hall–Kier alpha value is -0.0800. The van der Waals surface area contributed by atoms with E-state index < -0.39 is 0 Å². The summed E-state index contributed by atoms with van der Waals surface area (Å²) in [5.41, 5.74) is 0. The van der Waals surface area contributed by atoms with E-state index in [0.29, 0.717) is 0 Å². The minimum absolute atomic E-state index is 0.863. The molecule has 0 aliphatic carbocycles. The second-order valence-electron chi connectivity index (χ2n) is 4.94. The van der Waals surface area contributed by atoms with Crippen molar-refractivity contribution < 1.29 is 0 Å².